The fourth-order valence-corrected chi connectivity index (χ4v) is 2.46. The van der Waals surface area contributed by atoms with Crippen molar-refractivity contribution in [2.45, 2.75) is 26.8 Å². The molecule has 0 saturated carbocycles. The van der Waals surface area contributed by atoms with Crippen molar-refractivity contribution in [2.75, 3.05) is 13.1 Å². The van der Waals surface area contributed by atoms with Gasteiger partial charge >= 0.3 is 5.97 Å². The molecule has 6 heteroatoms. The number of rotatable bonds is 8. The standard InChI is InChI=1S/C18H23N3O3/c1-14(2)11-20(9-8-17(22)23)18(24)16-10-19-21(13-16)12-15-6-4-3-5-7-15/h3-7,10,13-14H,8-9,11-12H2,1-2H3,(H,22,23). The summed E-state index contributed by atoms with van der Waals surface area (Å²) in [6.07, 6.45) is 3.19. The van der Waals surface area contributed by atoms with Gasteiger partial charge in [0.1, 0.15) is 0 Å². The second-order valence-corrected chi connectivity index (χ2v) is 6.20. The van der Waals surface area contributed by atoms with E-state index in [2.05, 4.69) is 5.10 Å². The number of carboxylic acid groups (broad SMARTS) is 1. The van der Waals surface area contributed by atoms with Gasteiger partial charge in [0.15, 0.2) is 0 Å². The molecule has 0 spiro atoms. The van der Waals surface area contributed by atoms with Gasteiger partial charge in [-0.1, -0.05) is 44.2 Å². The van der Waals surface area contributed by atoms with Crippen molar-refractivity contribution < 1.29 is 14.7 Å². The molecule has 6 nitrogen and oxygen atoms in total. The van der Waals surface area contributed by atoms with Crippen molar-refractivity contribution in [3.05, 3.63) is 53.9 Å². The Labute approximate surface area is 141 Å². The van der Waals surface area contributed by atoms with E-state index in [1.165, 1.54) is 0 Å². The molecule has 1 aromatic heterocycles. The van der Waals surface area contributed by atoms with E-state index in [9.17, 15) is 9.59 Å². The Morgan fingerprint density at radius 3 is 2.58 bits per heavy atom. The maximum absolute atomic E-state index is 12.6. The molecule has 0 bridgehead atoms. The molecule has 0 atom stereocenters. The Morgan fingerprint density at radius 2 is 1.96 bits per heavy atom. The van der Waals surface area contributed by atoms with Crippen LogP contribution in [-0.4, -0.2) is 44.8 Å². The van der Waals surface area contributed by atoms with E-state index in [0.717, 1.165) is 5.56 Å². The number of aliphatic carboxylic acids is 1. The second kappa shape index (κ2) is 8.29. The monoisotopic (exact) mass is 329 g/mol. The first-order valence-corrected chi connectivity index (χ1v) is 8.03. The summed E-state index contributed by atoms with van der Waals surface area (Å²) in [5, 5.41) is 13.1. The summed E-state index contributed by atoms with van der Waals surface area (Å²) in [4.78, 5) is 25.0. The Morgan fingerprint density at radius 1 is 1.25 bits per heavy atom. The molecule has 2 aromatic rings. The van der Waals surface area contributed by atoms with Gasteiger partial charge in [-0.15, -0.1) is 0 Å². The smallest absolute Gasteiger partial charge is 0.305 e. The van der Waals surface area contributed by atoms with Gasteiger partial charge in [-0.2, -0.15) is 5.10 Å². The van der Waals surface area contributed by atoms with Gasteiger partial charge in [-0.05, 0) is 11.5 Å². The first kappa shape index (κ1) is 17.7. The van der Waals surface area contributed by atoms with Gasteiger partial charge < -0.3 is 10.0 Å². The van der Waals surface area contributed by atoms with E-state index in [-0.39, 0.29) is 24.8 Å². The molecule has 0 aliphatic heterocycles. The molecule has 0 unspecified atom stereocenters. The number of carboxylic acids is 1. The summed E-state index contributed by atoms with van der Waals surface area (Å²) >= 11 is 0. The highest BCUT2D eigenvalue weighted by Crippen LogP contribution is 2.10. The third kappa shape index (κ3) is 5.22. The van der Waals surface area contributed by atoms with E-state index >= 15 is 0 Å². The van der Waals surface area contributed by atoms with E-state index in [1.54, 1.807) is 22.0 Å². The number of carbonyl (C=O) groups is 2. The summed E-state index contributed by atoms with van der Waals surface area (Å²) in [5.74, 6) is -0.817. The largest absolute Gasteiger partial charge is 0.481 e. The lowest BCUT2D eigenvalue weighted by atomic mass is 10.2. The highest BCUT2D eigenvalue weighted by Gasteiger charge is 2.19. The highest BCUT2D eigenvalue weighted by atomic mass is 16.4. The molecule has 1 amide bonds. The zero-order chi connectivity index (χ0) is 17.5. The summed E-state index contributed by atoms with van der Waals surface area (Å²) in [6, 6.07) is 9.87. The Bertz CT molecular complexity index is 680. The topological polar surface area (TPSA) is 75.4 Å². The maximum Gasteiger partial charge on any atom is 0.305 e. The van der Waals surface area contributed by atoms with Crippen molar-refractivity contribution in [3.8, 4) is 0 Å². The second-order valence-electron chi connectivity index (χ2n) is 6.20. The molecule has 24 heavy (non-hydrogen) atoms. The number of carbonyl (C=O) groups excluding carboxylic acids is 1. The van der Waals surface area contributed by atoms with Crippen molar-refractivity contribution >= 4 is 11.9 Å². The van der Waals surface area contributed by atoms with Gasteiger partial charge in [0.2, 0.25) is 0 Å². The summed E-state index contributed by atoms with van der Waals surface area (Å²) < 4.78 is 1.72. The van der Waals surface area contributed by atoms with Crippen molar-refractivity contribution in [1.82, 2.24) is 14.7 Å². The molecular weight excluding hydrogens is 306 g/mol. The number of amides is 1. The zero-order valence-electron chi connectivity index (χ0n) is 14.1. The van der Waals surface area contributed by atoms with E-state index in [4.69, 9.17) is 5.11 Å². The highest BCUT2D eigenvalue weighted by molar-refractivity contribution is 5.93. The SMILES string of the molecule is CC(C)CN(CCC(=O)O)C(=O)c1cnn(Cc2ccccc2)c1. The third-order valence-corrected chi connectivity index (χ3v) is 3.54. The summed E-state index contributed by atoms with van der Waals surface area (Å²) in [5.41, 5.74) is 1.58. The summed E-state index contributed by atoms with van der Waals surface area (Å²) in [6.45, 7) is 5.32. The maximum atomic E-state index is 12.6. The lowest BCUT2D eigenvalue weighted by molar-refractivity contribution is -0.137. The van der Waals surface area contributed by atoms with Gasteiger partial charge in [0.25, 0.3) is 5.91 Å². The molecule has 1 heterocycles. The predicted molar refractivity (Wildman–Crippen MR) is 90.8 cm³/mol. The van der Waals surface area contributed by atoms with Gasteiger partial charge in [-0.3, -0.25) is 14.3 Å². The quantitative estimate of drug-likeness (QED) is 0.807. The molecule has 2 rings (SSSR count). The third-order valence-electron chi connectivity index (χ3n) is 3.54. The van der Waals surface area contributed by atoms with Gasteiger partial charge in [0, 0.05) is 19.3 Å². The van der Waals surface area contributed by atoms with Crippen LogP contribution < -0.4 is 0 Å². The average molecular weight is 329 g/mol. The lowest BCUT2D eigenvalue weighted by Crippen LogP contribution is -2.35. The van der Waals surface area contributed by atoms with Crippen molar-refractivity contribution in [3.63, 3.8) is 0 Å². The number of aromatic nitrogens is 2. The normalized spacial score (nSPS) is 10.8. The Kier molecular flexibility index (Phi) is 6.12. The number of hydrogen-bond donors (Lipinski definition) is 1. The summed E-state index contributed by atoms with van der Waals surface area (Å²) in [7, 11) is 0. The van der Waals surface area contributed by atoms with Crippen LogP contribution in [0, 0.1) is 5.92 Å². The van der Waals surface area contributed by atoms with Crippen LogP contribution in [0.25, 0.3) is 0 Å². The van der Waals surface area contributed by atoms with Crippen LogP contribution >= 0.6 is 0 Å². The number of hydrogen-bond acceptors (Lipinski definition) is 3. The van der Waals surface area contributed by atoms with Gasteiger partial charge in [-0.25, -0.2) is 0 Å². The Balaban J connectivity index is 2.07. The van der Waals surface area contributed by atoms with Crippen LogP contribution in [-0.2, 0) is 11.3 Å². The molecule has 0 aliphatic carbocycles. The molecule has 0 saturated heterocycles. The minimum atomic E-state index is -0.906. The molecule has 128 valence electrons. The van der Waals surface area contributed by atoms with Crippen LogP contribution in [0.1, 0.15) is 36.2 Å². The lowest BCUT2D eigenvalue weighted by Gasteiger charge is -2.23. The molecule has 1 N–H and O–H groups in total. The fraction of sp³-hybridized carbons (Fsp3) is 0.389. The fourth-order valence-electron chi connectivity index (χ4n) is 2.46. The molecule has 0 fully saturated rings. The first-order chi connectivity index (χ1) is 11.5. The number of benzene rings is 1. The van der Waals surface area contributed by atoms with Crippen LogP contribution in [0.4, 0.5) is 0 Å². The first-order valence-electron chi connectivity index (χ1n) is 8.03. The minimum absolute atomic E-state index is 0.0589. The number of nitrogens with zero attached hydrogens (tertiary/aromatic N) is 3. The molecular formula is C18H23N3O3. The van der Waals surface area contributed by atoms with Crippen molar-refractivity contribution in [1.29, 1.82) is 0 Å². The molecule has 0 radical (unpaired) electrons. The minimum Gasteiger partial charge on any atom is -0.481 e. The van der Waals surface area contributed by atoms with Crippen LogP contribution in [0.3, 0.4) is 0 Å². The van der Waals surface area contributed by atoms with E-state index in [1.807, 2.05) is 44.2 Å². The Hall–Kier alpha value is -2.63. The average Bonchev–Trinajstić information content (AvgIpc) is 2.99. The zero-order valence-corrected chi connectivity index (χ0v) is 14.1. The van der Waals surface area contributed by atoms with E-state index < -0.39 is 5.97 Å². The van der Waals surface area contributed by atoms with Crippen LogP contribution in [0.15, 0.2) is 42.7 Å². The van der Waals surface area contributed by atoms with Crippen LogP contribution in [0.5, 0.6) is 0 Å². The van der Waals surface area contributed by atoms with Crippen molar-refractivity contribution in [2.24, 2.45) is 5.92 Å². The molecule has 1 aromatic carbocycles. The predicted octanol–water partition coefficient (Wildman–Crippen LogP) is 2.50. The van der Waals surface area contributed by atoms with Crippen LogP contribution in [0.2, 0.25) is 0 Å². The van der Waals surface area contributed by atoms with E-state index in [0.29, 0.717) is 18.7 Å². The molecule has 0 aliphatic rings. The van der Waals surface area contributed by atoms with Gasteiger partial charge in [0.05, 0.1) is 24.7 Å².